The summed E-state index contributed by atoms with van der Waals surface area (Å²) in [5.41, 5.74) is 0.247. The minimum atomic E-state index is -0.834. The van der Waals surface area contributed by atoms with E-state index in [0.717, 1.165) is 11.3 Å². The molecule has 0 radical (unpaired) electrons. The predicted molar refractivity (Wildman–Crippen MR) is 104 cm³/mol. The first-order valence-electron chi connectivity index (χ1n) is 10.0. The zero-order valence-electron chi connectivity index (χ0n) is 16.5. The van der Waals surface area contributed by atoms with E-state index in [2.05, 4.69) is 10.2 Å². The van der Waals surface area contributed by atoms with Crippen molar-refractivity contribution >= 4 is 23.3 Å². The van der Waals surface area contributed by atoms with Crippen LogP contribution in [0, 0.1) is 0 Å². The Morgan fingerprint density at radius 2 is 2.00 bits per heavy atom. The number of amides is 1. The highest BCUT2D eigenvalue weighted by Gasteiger charge is 2.67. The van der Waals surface area contributed by atoms with Crippen LogP contribution in [0.1, 0.15) is 31.2 Å². The Morgan fingerprint density at radius 3 is 2.76 bits per heavy atom. The van der Waals surface area contributed by atoms with Gasteiger partial charge in [-0.05, 0) is 43.0 Å². The Bertz CT molecular complexity index is 943. The van der Waals surface area contributed by atoms with Gasteiger partial charge in [0.25, 0.3) is 0 Å². The molecule has 5 atom stereocenters. The fraction of sp³-hybridized carbons (Fsp3) is 0.500. The quantitative estimate of drug-likeness (QED) is 0.764. The van der Waals surface area contributed by atoms with E-state index in [1.54, 1.807) is 13.2 Å². The van der Waals surface area contributed by atoms with Crippen molar-refractivity contribution in [3.05, 3.63) is 42.0 Å². The SMILES string of the molecule is COC(=O)[C@@H]1CC2(C(=O)Nc3ccccc32)C2CC[C@@]3(OC)C=CC(=O)C[C@H]3N21. The average Bonchev–Trinajstić information content (AvgIpc) is 3.24. The second kappa shape index (κ2) is 6.24. The molecule has 0 bridgehead atoms. The summed E-state index contributed by atoms with van der Waals surface area (Å²) >= 11 is 0. The molecule has 3 aliphatic heterocycles. The molecular formula is C22H24N2O5. The summed E-state index contributed by atoms with van der Waals surface area (Å²) in [6.45, 7) is 0. The van der Waals surface area contributed by atoms with Crippen LogP contribution < -0.4 is 5.32 Å². The Balaban J connectivity index is 1.67. The van der Waals surface area contributed by atoms with E-state index in [-0.39, 0.29) is 36.2 Å². The van der Waals surface area contributed by atoms with Gasteiger partial charge in [0.15, 0.2) is 5.78 Å². The predicted octanol–water partition coefficient (Wildman–Crippen LogP) is 1.57. The first-order chi connectivity index (χ1) is 14.0. The number of ketones is 1. The topological polar surface area (TPSA) is 84.9 Å². The number of anilines is 1. The number of carbonyl (C=O) groups excluding carboxylic acids is 3. The summed E-state index contributed by atoms with van der Waals surface area (Å²) in [6, 6.07) is 6.55. The zero-order chi connectivity index (χ0) is 20.4. The van der Waals surface area contributed by atoms with Crippen LogP contribution in [0.2, 0.25) is 0 Å². The summed E-state index contributed by atoms with van der Waals surface area (Å²) < 4.78 is 11.0. The van der Waals surface area contributed by atoms with Crippen LogP contribution in [-0.4, -0.2) is 60.5 Å². The van der Waals surface area contributed by atoms with Gasteiger partial charge in [-0.1, -0.05) is 18.2 Å². The molecule has 2 saturated heterocycles. The van der Waals surface area contributed by atoms with Crippen molar-refractivity contribution in [1.29, 1.82) is 0 Å². The number of fused-ring (bicyclic) bond motifs is 6. The molecule has 5 rings (SSSR count). The molecule has 29 heavy (non-hydrogen) atoms. The molecular weight excluding hydrogens is 372 g/mol. The smallest absolute Gasteiger partial charge is 0.323 e. The molecule has 0 aromatic heterocycles. The molecule has 152 valence electrons. The number of allylic oxidation sites excluding steroid dienone is 1. The van der Waals surface area contributed by atoms with Gasteiger partial charge in [-0.25, -0.2) is 0 Å². The normalized spacial score (nSPS) is 37.8. The molecule has 2 fully saturated rings. The molecule has 1 aromatic carbocycles. The van der Waals surface area contributed by atoms with Crippen LogP contribution in [0.3, 0.4) is 0 Å². The third-order valence-electron chi connectivity index (χ3n) is 7.40. The maximum Gasteiger partial charge on any atom is 0.323 e. The molecule has 0 saturated carbocycles. The van der Waals surface area contributed by atoms with E-state index in [1.807, 2.05) is 30.3 Å². The van der Waals surface area contributed by atoms with Gasteiger partial charge >= 0.3 is 5.97 Å². The molecule has 1 aromatic rings. The number of nitrogens with zero attached hydrogens (tertiary/aromatic N) is 1. The number of rotatable bonds is 2. The molecule has 4 aliphatic rings. The van der Waals surface area contributed by atoms with Gasteiger partial charge in [0.2, 0.25) is 5.91 Å². The van der Waals surface area contributed by atoms with Crippen molar-refractivity contribution in [2.75, 3.05) is 19.5 Å². The van der Waals surface area contributed by atoms with Gasteiger partial charge in [0.1, 0.15) is 11.6 Å². The molecule has 7 nitrogen and oxygen atoms in total. The monoisotopic (exact) mass is 396 g/mol. The highest BCUT2D eigenvalue weighted by molar-refractivity contribution is 6.08. The van der Waals surface area contributed by atoms with E-state index in [4.69, 9.17) is 9.47 Å². The minimum Gasteiger partial charge on any atom is -0.468 e. The minimum absolute atomic E-state index is 0.00386. The molecule has 1 aliphatic carbocycles. The van der Waals surface area contributed by atoms with Crippen molar-refractivity contribution in [3.8, 4) is 0 Å². The molecule has 1 amide bonds. The second-order valence-corrected chi connectivity index (χ2v) is 8.39. The van der Waals surface area contributed by atoms with Crippen molar-refractivity contribution < 1.29 is 23.9 Å². The number of carbonyl (C=O) groups is 3. The maximum atomic E-state index is 13.3. The number of benzene rings is 1. The number of nitrogens with one attached hydrogen (secondary N) is 1. The van der Waals surface area contributed by atoms with Crippen LogP contribution in [0.4, 0.5) is 5.69 Å². The Kier molecular flexibility index (Phi) is 3.98. The van der Waals surface area contributed by atoms with Gasteiger partial charge in [-0.3, -0.25) is 19.3 Å². The van der Waals surface area contributed by atoms with Crippen molar-refractivity contribution in [3.63, 3.8) is 0 Å². The van der Waals surface area contributed by atoms with Crippen molar-refractivity contribution in [2.24, 2.45) is 0 Å². The second-order valence-electron chi connectivity index (χ2n) is 8.39. The van der Waals surface area contributed by atoms with Crippen LogP contribution in [0.5, 0.6) is 0 Å². The molecule has 1 spiro atoms. The molecule has 1 N–H and O–H groups in total. The van der Waals surface area contributed by atoms with Gasteiger partial charge < -0.3 is 14.8 Å². The summed E-state index contributed by atoms with van der Waals surface area (Å²) in [5.74, 6) is -0.454. The number of esters is 1. The van der Waals surface area contributed by atoms with Crippen LogP contribution in [0.25, 0.3) is 0 Å². The molecule has 7 heteroatoms. The third kappa shape index (κ3) is 2.28. The number of para-hydroxylation sites is 1. The van der Waals surface area contributed by atoms with Crippen molar-refractivity contribution in [1.82, 2.24) is 4.90 Å². The van der Waals surface area contributed by atoms with Gasteiger partial charge in [-0.2, -0.15) is 0 Å². The number of hydrogen-bond donors (Lipinski definition) is 1. The summed E-state index contributed by atoms with van der Waals surface area (Å²) in [7, 11) is 3.01. The lowest BCUT2D eigenvalue weighted by Crippen LogP contribution is -2.65. The highest BCUT2D eigenvalue weighted by atomic mass is 16.5. The van der Waals surface area contributed by atoms with E-state index >= 15 is 0 Å². The van der Waals surface area contributed by atoms with Gasteiger partial charge in [0, 0.05) is 25.3 Å². The third-order valence-corrected chi connectivity index (χ3v) is 7.40. The number of ether oxygens (including phenoxy) is 2. The Morgan fingerprint density at radius 1 is 1.21 bits per heavy atom. The maximum absolute atomic E-state index is 13.3. The Labute approximate surface area is 169 Å². The lowest BCUT2D eigenvalue weighted by molar-refractivity contribution is -0.156. The largest absolute Gasteiger partial charge is 0.468 e. The van der Waals surface area contributed by atoms with E-state index in [1.165, 1.54) is 7.11 Å². The molecule has 3 heterocycles. The first kappa shape index (κ1) is 18.5. The highest BCUT2D eigenvalue weighted by Crippen LogP contribution is 2.56. The number of methoxy groups -OCH3 is 2. The van der Waals surface area contributed by atoms with Crippen LogP contribution in [-0.2, 0) is 29.3 Å². The lowest BCUT2D eigenvalue weighted by atomic mass is 9.68. The Hall–Kier alpha value is -2.51. The van der Waals surface area contributed by atoms with E-state index in [9.17, 15) is 14.4 Å². The fourth-order valence-electron chi connectivity index (χ4n) is 6.11. The van der Waals surface area contributed by atoms with Crippen LogP contribution >= 0.6 is 0 Å². The van der Waals surface area contributed by atoms with Gasteiger partial charge in [0.05, 0.1) is 18.6 Å². The molecule has 2 unspecified atom stereocenters. The standard InChI is InChI=1S/C22H24N2O5/c1-28-19(26)16-12-22(14-5-3-4-6-15(14)23-20(22)27)17-8-10-21(29-2)9-7-13(25)11-18(21)24(16)17/h3-7,9,16-18H,8,10-12H2,1-2H3,(H,23,27)/t16-,17?,18+,21-,22?/m0/s1. The lowest BCUT2D eigenvalue weighted by Gasteiger charge is -2.53. The first-order valence-corrected chi connectivity index (χ1v) is 10.0. The zero-order valence-corrected chi connectivity index (χ0v) is 16.5. The van der Waals surface area contributed by atoms with Crippen molar-refractivity contribution in [2.45, 2.75) is 54.8 Å². The van der Waals surface area contributed by atoms with Gasteiger partial charge in [-0.15, -0.1) is 0 Å². The number of hydrogen-bond acceptors (Lipinski definition) is 6. The number of piperidine rings is 1. The van der Waals surface area contributed by atoms with Crippen LogP contribution in [0.15, 0.2) is 36.4 Å². The fourth-order valence-corrected chi connectivity index (χ4v) is 6.11. The van der Waals surface area contributed by atoms with E-state index in [0.29, 0.717) is 19.3 Å². The van der Waals surface area contributed by atoms with E-state index < -0.39 is 17.1 Å². The summed E-state index contributed by atoms with van der Waals surface area (Å²) in [5, 5.41) is 3.02. The summed E-state index contributed by atoms with van der Waals surface area (Å²) in [6.07, 6.45) is 5.37. The summed E-state index contributed by atoms with van der Waals surface area (Å²) in [4.78, 5) is 40.6. The average molecular weight is 396 g/mol.